The normalized spacial score (nSPS) is 10.1. The first kappa shape index (κ1) is 11.9. The average molecular weight is 243 g/mol. The van der Waals surface area contributed by atoms with Gasteiger partial charge in [0.2, 0.25) is 0 Å². The molecule has 2 aromatic heterocycles. The number of nitrogens with two attached hydrogens (primary N) is 1. The van der Waals surface area contributed by atoms with Gasteiger partial charge in [-0.1, -0.05) is 0 Å². The number of anilines is 2. The maximum atomic E-state index is 9.08. The predicted octanol–water partition coefficient (Wildman–Crippen LogP) is 0.856. The van der Waals surface area contributed by atoms with Crippen molar-refractivity contribution in [2.45, 2.75) is 13.8 Å². The minimum atomic E-state index is 0.270. The molecule has 0 fully saturated rings. The van der Waals surface area contributed by atoms with Crippen LogP contribution in [-0.2, 0) is 0 Å². The van der Waals surface area contributed by atoms with E-state index in [0.717, 1.165) is 5.69 Å². The van der Waals surface area contributed by atoms with E-state index in [1.165, 1.54) is 11.0 Å². The second kappa shape index (κ2) is 4.71. The van der Waals surface area contributed by atoms with Crippen LogP contribution in [0.1, 0.15) is 18.2 Å². The van der Waals surface area contributed by atoms with Crippen molar-refractivity contribution in [1.29, 1.82) is 5.26 Å². The Hall–Kier alpha value is -2.62. The molecular weight excluding hydrogens is 230 g/mol. The number of nitriles is 1. The van der Waals surface area contributed by atoms with Gasteiger partial charge in [-0.2, -0.15) is 9.94 Å². The third-order valence-electron chi connectivity index (χ3n) is 2.38. The van der Waals surface area contributed by atoms with Crippen LogP contribution in [0.15, 0.2) is 12.4 Å². The maximum Gasteiger partial charge on any atom is 0.168 e. The molecule has 7 nitrogen and oxygen atoms in total. The van der Waals surface area contributed by atoms with Gasteiger partial charge < -0.3 is 11.1 Å². The monoisotopic (exact) mass is 243 g/mol. The van der Waals surface area contributed by atoms with E-state index in [1.54, 1.807) is 6.07 Å². The van der Waals surface area contributed by atoms with Crippen LogP contribution >= 0.6 is 0 Å². The molecule has 0 aliphatic heterocycles. The Kier molecular flexibility index (Phi) is 3.10. The SMILES string of the molecule is CCNc1nn(-c2cc(C)ncn2)c(N)c1C#N. The van der Waals surface area contributed by atoms with E-state index in [9.17, 15) is 0 Å². The molecule has 7 heteroatoms. The summed E-state index contributed by atoms with van der Waals surface area (Å²) in [6.45, 7) is 4.43. The van der Waals surface area contributed by atoms with Crippen molar-refractivity contribution >= 4 is 11.6 Å². The van der Waals surface area contributed by atoms with Crippen LogP contribution in [0, 0.1) is 18.3 Å². The molecule has 2 aromatic rings. The molecule has 0 bridgehead atoms. The predicted molar refractivity (Wildman–Crippen MR) is 67.2 cm³/mol. The summed E-state index contributed by atoms with van der Waals surface area (Å²) >= 11 is 0. The molecule has 0 unspecified atom stereocenters. The summed E-state index contributed by atoms with van der Waals surface area (Å²) in [6.07, 6.45) is 1.44. The number of rotatable bonds is 3. The third kappa shape index (κ3) is 1.96. The quantitative estimate of drug-likeness (QED) is 0.828. The minimum Gasteiger partial charge on any atom is -0.382 e. The molecule has 92 valence electrons. The topological polar surface area (TPSA) is 105 Å². The number of nitrogens with zero attached hydrogens (tertiary/aromatic N) is 5. The molecule has 0 spiro atoms. The van der Waals surface area contributed by atoms with Crippen molar-refractivity contribution < 1.29 is 0 Å². The van der Waals surface area contributed by atoms with Crippen LogP contribution in [0.3, 0.4) is 0 Å². The molecule has 0 aliphatic rings. The zero-order valence-electron chi connectivity index (χ0n) is 10.2. The molecule has 18 heavy (non-hydrogen) atoms. The maximum absolute atomic E-state index is 9.08. The summed E-state index contributed by atoms with van der Waals surface area (Å²) in [7, 11) is 0. The molecule has 0 saturated carbocycles. The van der Waals surface area contributed by atoms with Gasteiger partial charge >= 0.3 is 0 Å². The Morgan fingerprint density at radius 1 is 1.50 bits per heavy atom. The Labute approximate surface area is 104 Å². The molecule has 0 radical (unpaired) electrons. The standard InChI is InChI=1S/C11H13N7/c1-3-14-11-8(5-12)10(13)18(17-11)9-4-7(2)15-6-16-9/h4,6H,3,13H2,1-2H3,(H,14,17). The highest BCUT2D eigenvalue weighted by Crippen LogP contribution is 2.22. The summed E-state index contributed by atoms with van der Waals surface area (Å²) in [5.41, 5.74) is 7.04. The largest absolute Gasteiger partial charge is 0.382 e. The Morgan fingerprint density at radius 3 is 2.89 bits per heavy atom. The van der Waals surface area contributed by atoms with E-state index < -0.39 is 0 Å². The van der Waals surface area contributed by atoms with Crippen molar-refractivity contribution in [3.63, 3.8) is 0 Å². The molecule has 0 aliphatic carbocycles. The van der Waals surface area contributed by atoms with Gasteiger partial charge in [-0.25, -0.2) is 9.97 Å². The summed E-state index contributed by atoms with van der Waals surface area (Å²) < 4.78 is 1.44. The first-order chi connectivity index (χ1) is 8.67. The van der Waals surface area contributed by atoms with Crippen LogP contribution in [0.5, 0.6) is 0 Å². The molecule has 2 heterocycles. The lowest BCUT2D eigenvalue weighted by Gasteiger charge is -2.02. The average Bonchev–Trinajstić information content (AvgIpc) is 2.66. The zero-order valence-corrected chi connectivity index (χ0v) is 10.2. The van der Waals surface area contributed by atoms with Gasteiger partial charge in [0.15, 0.2) is 11.6 Å². The molecule has 0 aromatic carbocycles. The molecule has 2 rings (SSSR count). The fraction of sp³-hybridized carbons (Fsp3) is 0.273. The van der Waals surface area contributed by atoms with Crippen LogP contribution in [0.2, 0.25) is 0 Å². The molecule has 3 N–H and O–H groups in total. The van der Waals surface area contributed by atoms with Crippen LogP contribution in [0.25, 0.3) is 5.82 Å². The number of nitrogen functional groups attached to an aromatic ring is 1. The lowest BCUT2D eigenvalue weighted by atomic mass is 10.3. The number of nitrogens with one attached hydrogen (secondary N) is 1. The van der Waals surface area contributed by atoms with E-state index in [0.29, 0.717) is 23.7 Å². The fourth-order valence-electron chi connectivity index (χ4n) is 1.56. The summed E-state index contributed by atoms with van der Waals surface area (Å²) in [5, 5.41) is 16.3. The lowest BCUT2D eigenvalue weighted by Crippen LogP contribution is -2.05. The first-order valence-electron chi connectivity index (χ1n) is 5.48. The first-order valence-corrected chi connectivity index (χ1v) is 5.48. The molecular formula is C11H13N7. The second-order valence-corrected chi connectivity index (χ2v) is 3.68. The Balaban J connectivity index is 2.56. The molecule has 0 atom stereocenters. The fourth-order valence-corrected chi connectivity index (χ4v) is 1.56. The number of hydrogen-bond acceptors (Lipinski definition) is 6. The highest BCUT2D eigenvalue weighted by atomic mass is 15.4. The number of aryl methyl sites for hydroxylation is 1. The molecule has 0 saturated heterocycles. The van der Waals surface area contributed by atoms with Crippen LogP contribution < -0.4 is 11.1 Å². The van der Waals surface area contributed by atoms with E-state index in [4.69, 9.17) is 11.0 Å². The Morgan fingerprint density at radius 2 is 2.28 bits per heavy atom. The van der Waals surface area contributed by atoms with Gasteiger partial charge in [0, 0.05) is 18.3 Å². The van der Waals surface area contributed by atoms with Gasteiger partial charge in [0.25, 0.3) is 0 Å². The van der Waals surface area contributed by atoms with Crippen LogP contribution in [-0.4, -0.2) is 26.3 Å². The smallest absolute Gasteiger partial charge is 0.168 e. The van der Waals surface area contributed by atoms with E-state index >= 15 is 0 Å². The van der Waals surface area contributed by atoms with Gasteiger partial charge in [0.1, 0.15) is 23.8 Å². The van der Waals surface area contributed by atoms with Gasteiger partial charge in [-0.05, 0) is 13.8 Å². The van der Waals surface area contributed by atoms with Crippen molar-refractivity contribution in [3.05, 3.63) is 23.7 Å². The van der Waals surface area contributed by atoms with Gasteiger partial charge in [-0.3, -0.25) is 0 Å². The summed E-state index contributed by atoms with van der Waals surface area (Å²) in [5.74, 6) is 1.28. The molecule has 0 amide bonds. The van der Waals surface area contributed by atoms with Crippen molar-refractivity contribution in [3.8, 4) is 11.9 Å². The summed E-state index contributed by atoms with van der Waals surface area (Å²) in [4.78, 5) is 8.10. The van der Waals surface area contributed by atoms with Crippen molar-refractivity contribution in [2.75, 3.05) is 17.6 Å². The summed E-state index contributed by atoms with van der Waals surface area (Å²) in [6, 6.07) is 3.79. The number of hydrogen-bond donors (Lipinski definition) is 2. The highest BCUT2D eigenvalue weighted by molar-refractivity contribution is 5.65. The third-order valence-corrected chi connectivity index (χ3v) is 2.38. The van der Waals surface area contributed by atoms with E-state index in [1.807, 2.05) is 19.9 Å². The van der Waals surface area contributed by atoms with Crippen molar-refractivity contribution in [2.24, 2.45) is 0 Å². The Bertz CT molecular complexity index is 608. The van der Waals surface area contributed by atoms with Gasteiger partial charge in [-0.15, -0.1) is 5.10 Å². The second-order valence-electron chi connectivity index (χ2n) is 3.68. The lowest BCUT2D eigenvalue weighted by molar-refractivity contribution is 0.844. The highest BCUT2D eigenvalue weighted by Gasteiger charge is 2.16. The zero-order chi connectivity index (χ0) is 13.1. The van der Waals surface area contributed by atoms with E-state index in [2.05, 4.69) is 20.4 Å². The van der Waals surface area contributed by atoms with Crippen LogP contribution in [0.4, 0.5) is 11.6 Å². The minimum absolute atomic E-state index is 0.270. The number of aromatic nitrogens is 4. The van der Waals surface area contributed by atoms with Gasteiger partial charge in [0.05, 0.1) is 0 Å². The van der Waals surface area contributed by atoms with Crippen molar-refractivity contribution in [1.82, 2.24) is 19.7 Å². The van der Waals surface area contributed by atoms with E-state index in [-0.39, 0.29) is 5.82 Å².